The third-order valence-electron chi connectivity index (χ3n) is 3.70. The fourth-order valence-corrected chi connectivity index (χ4v) is 2.45. The number of hydrogen-bond donors (Lipinski definition) is 2. The number of furan rings is 1. The zero-order valence-electron chi connectivity index (χ0n) is 14.5. The molecule has 6 nitrogen and oxygen atoms in total. The zero-order chi connectivity index (χ0) is 19.9. The van der Waals surface area contributed by atoms with Crippen LogP contribution in [0.1, 0.15) is 26.5 Å². The van der Waals surface area contributed by atoms with E-state index in [2.05, 4.69) is 15.4 Å². The van der Waals surface area contributed by atoms with Crippen molar-refractivity contribution in [3.63, 3.8) is 0 Å². The molecule has 2 aromatic carbocycles. The van der Waals surface area contributed by atoms with E-state index < -0.39 is 12.5 Å². The number of benzene rings is 2. The van der Waals surface area contributed by atoms with Gasteiger partial charge in [0, 0.05) is 17.8 Å². The number of alkyl halides is 2. The van der Waals surface area contributed by atoms with E-state index in [-0.39, 0.29) is 24.0 Å². The van der Waals surface area contributed by atoms with Crippen LogP contribution in [0.4, 0.5) is 14.5 Å². The lowest BCUT2D eigenvalue weighted by molar-refractivity contribution is -0.0498. The Labute approximate surface area is 159 Å². The summed E-state index contributed by atoms with van der Waals surface area (Å²) in [5.74, 6) is -0.641. The quantitative estimate of drug-likeness (QED) is 0.642. The van der Waals surface area contributed by atoms with Gasteiger partial charge in [-0.1, -0.05) is 18.2 Å². The molecule has 3 aromatic rings. The zero-order valence-corrected chi connectivity index (χ0v) is 14.5. The van der Waals surface area contributed by atoms with Gasteiger partial charge in [0.15, 0.2) is 5.76 Å². The van der Waals surface area contributed by atoms with Gasteiger partial charge in [-0.15, -0.1) is 0 Å². The number of carbonyl (C=O) groups excluding carboxylic acids is 2. The molecule has 1 heterocycles. The summed E-state index contributed by atoms with van der Waals surface area (Å²) in [7, 11) is 0. The molecule has 0 saturated heterocycles. The lowest BCUT2D eigenvalue weighted by Gasteiger charge is -2.09. The maximum absolute atomic E-state index is 12.4. The highest BCUT2D eigenvalue weighted by molar-refractivity contribution is 6.03. The summed E-state index contributed by atoms with van der Waals surface area (Å²) in [6.07, 6.45) is 1.39. The predicted molar refractivity (Wildman–Crippen MR) is 97.3 cm³/mol. The van der Waals surface area contributed by atoms with Gasteiger partial charge in [0.25, 0.3) is 11.8 Å². The summed E-state index contributed by atoms with van der Waals surface area (Å²) in [5.41, 5.74) is 1.37. The number of hydrogen-bond acceptors (Lipinski definition) is 4. The van der Waals surface area contributed by atoms with Gasteiger partial charge in [-0.2, -0.15) is 8.78 Å². The molecule has 0 atom stereocenters. The number of anilines is 1. The Morgan fingerprint density at radius 2 is 1.82 bits per heavy atom. The third-order valence-corrected chi connectivity index (χ3v) is 3.70. The standard InChI is InChI=1S/C20H16F2N2O4/c21-20(22)28-16-7-1-4-13(10-16)12-23-18(25)14-5-2-6-15(11-14)24-19(26)17-8-3-9-27-17/h1-11,20H,12H2,(H,23,25)(H,24,26). The van der Waals surface area contributed by atoms with E-state index in [4.69, 9.17) is 4.42 Å². The Morgan fingerprint density at radius 3 is 2.57 bits per heavy atom. The molecule has 144 valence electrons. The summed E-state index contributed by atoms with van der Waals surface area (Å²) >= 11 is 0. The minimum atomic E-state index is -2.91. The normalized spacial score (nSPS) is 10.5. The molecule has 28 heavy (non-hydrogen) atoms. The molecule has 0 saturated carbocycles. The highest BCUT2D eigenvalue weighted by Gasteiger charge is 2.11. The number of halogens is 2. The molecule has 0 spiro atoms. The first kappa shape index (κ1) is 19.1. The van der Waals surface area contributed by atoms with Crippen molar-refractivity contribution in [1.82, 2.24) is 5.32 Å². The lowest BCUT2D eigenvalue weighted by atomic mass is 10.1. The van der Waals surface area contributed by atoms with E-state index in [1.165, 1.54) is 30.5 Å². The molecule has 8 heteroatoms. The number of ether oxygens (including phenoxy) is 1. The molecule has 0 aliphatic carbocycles. The van der Waals surface area contributed by atoms with Crippen molar-refractivity contribution in [3.05, 3.63) is 83.8 Å². The average Bonchev–Trinajstić information content (AvgIpc) is 3.21. The highest BCUT2D eigenvalue weighted by atomic mass is 19.3. The molecule has 0 unspecified atom stereocenters. The molecule has 0 fully saturated rings. The summed E-state index contributed by atoms with van der Waals surface area (Å²) < 4.78 is 33.9. The van der Waals surface area contributed by atoms with E-state index in [0.29, 0.717) is 16.8 Å². The molecule has 2 N–H and O–H groups in total. The Balaban J connectivity index is 1.61. The molecular weight excluding hydrogens is 370 g/mol. The van der Waals surface area contributed by atoms with Crippen LogP contribution >= 0.6 is 0 Å². The monoisotopic (exact) mass is 386 g/mol. The third kappa shape index (κ3) is 5.16. The van der Waals surface area contributed by atoms with Crippen LogP contribution in [0.2, 0.25) is 0 Å². The topological polar surface area (TPSA) is 80.6 Å². The summed E-state index contributed by atoms with van der Waals surface area (Å²) in [5, 5.41) is 5.33. The van der Waals surface area contributed by atoms with E-state index in [0.717, 1.165) is 0 Å². The van der Waals surface area contributed by atoms with Crippen molar-refractivity contribution in [2.24, 2.45) is 0 Å². The van der Waals surface area contributed by atoms with Gasteiger partial charge in [-0.05, 0) is 48.0 Å². The Hall–Kier alpha value is -3.68. The van der Waals surface area contributed by atoms with Crippen molar-refractivity contribution in [2.45, 2.75) is 13.2 Å². The second-order valence-electron chi connectivity index (χ2n) is 5.72. The van der Waals surface area contributed by atoms with Gasteiger partial charge in [0.2, 0.25) is 0 Å². The summed E-state index contributed by atoms with van der Waals surface area (Å²) in [6.45, 7) is -2.79. The maximum Gasteiger partial charge on any atom is 0.387 e. The first-order valence-electron chi connectivity index (χ1n) is 8.28. The van der Waals surface area contributed by atoms with Crippen LogP contribution in [0, 0.1) is 0 Å². The van der Waals surface area contributed by atoms with E-state index in [9.17, 15) is 18.4 Å². The fraction of sp³-hybridized carbons (Fsp3) is 0.100. The van der Waals surface area contributed by atoms with Gasteiger partial charge < -0.3 is 19.8 Å². The number of nitrogens with one attached hydrogen (secondary N) is 2. The van der Waals surface area contributed by atoms with Gasteiger partial charge in [0.05, 0.1) is 6.26 Å². The molecule has 0 bridgehead atoms. The van der Waals surface area contributed by atoms with Gasteiger partial charge in [0.1, 0.15) is 5.75 Å². The van der Waals surface area contributed by atoms with Crippen LogP contribution in [0.5, 0.6) is 5.75 Å². The first-order chi connectivity index (χ1) is 13.5. The van der Waals surface area contributed by atoms with Crippen LogP contribution < -0.4 is 15.4 Å². The second-order valence-corrected chi connectivity index (χ2v) is 5.72. The van der Waals surface area contributed by atoms with E-state index in [1.807, 2.05) is 0 Å². The average molecular weight is 386 g/mol. The molecule has 0 radical (unpaired) electrons. The number of rotatable bonds is 7. The van der Waals surface area contributed by atoms with E-state index in [1.54, 1.807) is 36.4 Å². The Bertz CT molecular complexity index is 958. The largest absolute Gasteiger partial charge is 0.459 e. The molecule has 3 rings (SSSR count). The molecule has 0 aliphatic heterocycles. The van der Waals surface area contributed by atoms with Crippen LogP contribution in [0.15, 0.2) is 71.3 Å². The van der Waals surface area contributed by atoms with Gasteiger partial charge >= 0.3 is 6.61 Å². The first-order valence-corrected chi connectivity index (χ1v) is 8.28. The minimum absolute atomic E-state index is 0.0179. The number of amides is 2. The van der Waals surface area contributed by atoms with Crippen LogP contribution in [0.25, 0.3) is 0 Å². The SMILES string of the molecule is O=C(NCc1cccc(OC(F)F)c1)c1cccc(NC(=O)c2ccco2)c1. The fourth-order valence-electron chi connectivity index (χ4n) is 2.45. The second kappa shape index (κ2) is 8.81. The maximum atomic E-state index is 12.4. The molecule has 0 aliphatic rings. The Kier molecular flexibility index (Phi) is 6.01. The molecular formula is C20H16F2N2O4. The molecule has 1 aromatic heterocycles. The van der Waals surface area contributed by atoms with Crippen LogP contribution in [-0.2, 0) is 6.54 Å². The van der Waals surface area contributed by atoms with Crippen molar-refractivity contribution >= 4 is 17.5 Å². The van der Waals surface area contributed by atoms with Crippen LogP contribution in [0.3, 0.4) is 0 Å². The predicted octanol–water partition coefficient (Wildman–Crippen LogP) is 4.06. The lowest BCUT2D eigenvalue weighted by Crippen LogP contribution is -2.23. The Morgan fingerprint density at radius 1 is 1.00 bits per heavy atom. The van der Waals surface area contributed by atoms with Crippen molar-refractivity contribution in [3.8, 4) is 5.75 Å². The summed E-state index contributed by atoms with van der Waals surface area (Å²) in [4.78, 5) is 24.4. The smallest absolute Gasteiger partial charge is 0.387 e. The van der Waals surface area contributed by atoms with Crippen molar-refractivity contribution < 1.29 is 27.5 Å². The number of carbonyl (C=O) groups is 2. The van der Waals surface area contributed by atoms with Crippen molar-refractivity contribution in [2.75, 3.05) is 5.32 Å². The highest BCUT2D eigenvalue weighted by Crippen LogP contribution is 2.16. The minimum Gasteiger partial charge on any atom is -0.459 e. The van der Waals surface area contributed by atoms with Gasteiger partial charge in [-0.3, -0.25) is 9.59 Å². The van der Waals surface area contributed by atoms with E-state index >= 15 is 0 Å². The van der Waals surface area contributed by atoms with Crippen molar-refractivity contribution in [1.29, 1.82) is 0 Å². The van der Waals surface area contributed by atoms with Crippen LogP contribution in [-0.4, -0.2) is 18.4 Å². The summed E-state index contributed by atoms with van der Waals surface area (Å²) in [6, 6.07) is 15.6. The molecule has 2 amide bonds. The van der Waals surface area contributed by atoms with Gasteiger partial charge in [-0.25, -0.2) is 0 Å².